The van der Waals surface area contributed by atoms with Crippen LogP contribution in [0.1, 0.15) is 133 Å². The maximum Gasteiger partial charge on any atom is 0.426 e. The van der Waals surface area contributed by atoms with Crippen molar-refractivity contribution < 1.29 is 67.1 Å². The first-order valence-electron chi connectivity index (χ1n) is 28.1. The van der Waals surface area contributed by atoms with Crippen LogP contribution in [0, 0.1) is 17.8 Å². The summed E-state index contributed by atoms with van der Waals surface area (Å²) in [5.41, 5.74) is 12.6. The Hall–Kier alpha value is -6.44. The molecule has 1 heterocycles. The number of phenolic OH excluding ortho intramolecular Hbond substituents is 1. The van der Waals surface area contributed by atoms with Gasteiger partial charge in [0.2, 0.25) is 23.6 Å². The number of carbonyl (C=O) groups is 7. The summed E-state index contributed by atoms with van der Waals surface area (Å²) in [7, 11) is 0. The van der Waals surface area contributed by atoms with Gasteiger partial charge < -0.3 is 65.4 Å². The van der Waals surface area contributed by atoms with Crippen molar-refractivity contribution in [2.24, 2.45) is 23.5 Å². The van der Waals surface area contributed by atoms with Crippen molar-refractivity contribution in [1.82, 2.24) is 36.7 Å². The van der Waals surface area contributed by atoms with E-state index >= 15 is 0 Å². The lowest BCUT2D eigenvalue weighted by Gasteiger charge is -2.36. The summed E-state index contributed by atoms with van der Waals surface area (Å²) in [5, 5.41) is 23.1. The van der Waals surface area contributed by atoms with E-state index in [0.29, 0.717) is 48.7 Å². The smallest absolute Gasteiger partial charge is 0.426 e. The molecule has 4 unspecified atom stereocenters. The highest BCUT2D eigenvalue weighted by atomic mass is 32.1. The second-order valence-corrected chi connectivity index (χ2v) is 21.1. The van der Waals surface area contributed by atoms with Gasteiger partial charge in [-0.1, -0.05) is 86.1 Å². The average Bonchev–Trinajstić information content (AvgIpc) is 3.95. The number of nitrogens with one attached hydrogen (secondary N) is 6. The van der Waals surface area contributed by atoms with Crippen LogP contribution in [0.15, 0.2) is 53.9 Å². The highest BCUT2D eigenvalue weighted by Crippen LogP contribution is 2.31. The van der Waals surface area contributed by atoms with E-state index in [9.17, 15) is 38.7 Å². The Morgan fingerprint density at radius 1 is 0.704 bits per heavy atom. The van der Waals surface area contributed by atoms with Crippen LogP contribution in [-0.4, -0.2) is 147 Å². The molecule has 1 aromatic heterocycles. The van der Waals surface area contributed by atoms with Crippen LogP contribution in [0.5, 0.6) is 5.75 Å². The first kappa shape index (κ1) is 68.8. The lowest BCUT2D eigenvalue weighted by atomic mass is 9.95. The molecule has 0 saturated heterocycles. The molecule has 0 spiro atoms. The van der Waals surface area contributed by atoms with Gasteiger partial charge in [-0.15, -0.1) is 11.3 Å². The summed E-state index contributed by atoms with van der Waals surface area (Å²) in [4.78, 5) is 95.9. The number of nitrogens with zero attached hydrogens (tertiary/aromatic N) is 2. The van der Waals surface area contributed by atoms with Gasteiger partial charge in [-0.05, 0) is 79.3 Å². The van der Waals surface area contributed by atoms with Crippen molar-refractivity contribution in [3.05, 3.63) is 75.7 Å². The van der Waals surface area contributed by atoms with Crippen LogP contribution in [0.2, 0.25) is 0 Å². The lowest BCUT2D eigenvalue weighted by molar-refractivity contribution is -0.136. The van der Waals surface area contributed by atoms with Crippen LogP contribution in [0.4, 0.5) is 15.3 Å². The summed E-state index contributed by atoms with van der Waals surface area (Å²) in [6.07, 6.45) is 2.96. The molecule has 81 heavy (non-hydrogen) atoms. The van der Waals surface area contributed by atoms with Gasteiger partial charge in [0.1, 0.15) is 35.8 Å². The van der Waals surface area contributed by atoms with Gasteiger partial charge in [-0.3, -0.25) is 29.4 Å². The van der Waals surface area contributed by atoms with Crippen LogP contribution in [0.25, 0.3) is 0 Å². The number of hydrazine groups is 1. The highest BCUT2D eigenvalue weighted by molar-refractivity contribution is 7.09. The fourth-order valence-corrected chi connectivity index (χ4v) is 8.88. The SMILES string of the molecule is CCCCC(=O)N(CCC)C(CC(OCCC)c1nc(C(=O)NC(Cc2ccc(O)cc2)C[C@H](C)C(=O)NNC(=O)OCCOCCOCCOCCNC(=O)OCc2ccc(NC(=O)CNC(=O)C(N)C(C)C)cc2)cs1)C(C)C. The molecule has 0 saturated carbocycles. The van der Waals surface area contributed by atoms with Crippen molar-refractivity contribution in [3.63, 3.8) is 0 Å². The van der Waals surface area contributed by atoms with Crippen molar-refractivity contribution in [2.75, 3.05) is 77.8 Å². The Kier molecular flexibility index (Phi) is 33.2. The molecule has 0 fully saturated rings. The molecule has 0 aliphatic rings. The summed E-state index contributed by atoms with van der Waals surface area (Å²) in [6, 6.07) is 11.9. The molecule has 0 bridgehead atoms. The molecule has 9 N–H and O–H groups in total. The molecule has 3 rings (SSSR count). The van der Waals surface area contributed by atoms with E-state index in [1.54, 1.807) is 60.8 Å². The van der Waals surface area contributed by atoms with Crippen molar-refractivity contribution in [3.8, 4) is 5.75 Å². The normalized spacial score (nSPS) is 13.1. The predicted octanol–water partition coefficient (Wildman–Crippen LogP) is 6.30. The molecule has 7 amide bonds. The van der Waals surface area contributed by atoms with Crippen LogP contribution in [0.3, 0.4) is 0 Å². The number of carbonyl (C=O) groups excluding carboxylic acids is 7. The molecule has 452 valence electrons. The van der Waals surface area contributed by atoms with Gasteiger partial charge >= 0.3 is 12.2 Å². The number of nitrogens with two attached hydrogens (primary N) is 1. The maximum absolute atomic E-state index is 13.9. The van der Waals surface area contributed by atoms with E-state index in [4.69, 9.17) is 39.1 Å². The third-order valence-corrected chi connectivity index (χ3v) is 13.5. The van der Waals surface area contributed by atoms with Crippen molar-refractivity contribution in [1.29, 1.82) is 0 Å². The minimum Gasteiger partial charge on any atom is -0.508 e. The van der Waals surface area contributed by atoms with E-state index in [2.05, 4.69) is 59.8 Å². The fraction of sp³-hybridized carbons (Fsp3) is 0.614. The summed E-state index contributed by atoms with van der Waals surface area (Å²) in [6.45, 7) is 18.0. The monoisotopic (exact) mass is 1160 g/mol. The zero-order valence-corrected chi connectivity index (χ0v) is 49.3. The number of ether oxygens (including phenoxy) is 6. The molecule has 3 aromatic rings. The number of aromatic hydroxyl groups is 1. The van der Waals surface area contributed by atoms with Gasteiger partial charge in [-0.2, -0.15) is 0 Å². The zero-order chi connectivity index (χ0) is 59.5. The fourth-order valence-electron chi connectivity index (χ4n) is 8.02. The quantitative estimate of drug-likeness (QED) is 0.0230. The predicted molar refractivity (Wildman–Crippen MR) is 307 cm³/mol. The number of aromatic nitrogens is 1. The molecule has 23 nitrogen and oxygen atoms in total. The highest BCUT2D eigenvalue weighted by Gasteiger charge is 2.32. The Labute approximate surface area is 481 Å². The molecule has 24 heteroatoms. The number of alkyl carbamates (subject to hydrolysis) is 1. The van der Waals surface area contributed by atoms with Crippen molar-refractivity contribution in [2.45, 2.75) is 138 Å². The number of hydrogen-bond donors (Lipinski definition) is 8. The van der Waals surface area contributed by atoms with E-state index < -0.39 is 59.9 Å². The largest absolute Gasteiger partial charge is 0.508 e. The number of phenols is 1. The average molecular weight is 1160 g/mol. The number of rotatable bonds is 39. The Morgan fingerprint density at radius 2 is 1.36 bits per heavy atom. The van der Waals surface area contributed by atoms with Crippen LogP contribution in [-0.2, 0) is 60.6 Å². The summed E-state index contributed by atoms with van der Waals surface area (Å²) < 4.78 is 33.1. The number of unbranched alkanes of at least 4 members (excludes halogenated alkanes) is 1. The zero-order valence-electron chi connectivity index (χ0n) is 48.5. The second kappa shape index (κ2) is 39.1. The summed E-state index contributed by atoms with van der Waals surface area (Å²) in [5.74, 6) is -2.11. The van der Waals surface area contributed by atoms with Gasteiger partial charge in [0, 0.05) is 61.6 Å². The second-order valence-electron chi connectivity index (χ2n) is 20.2. The van der Waals surface area contributed by atoms with E-state index in [1.807, 2.05) is 25.7 Å². The molecule has 0 radical (unpaired) electrons. The van der Waals surface area contributed by atoms with Gasteiger partial charge in [-0.25, -0.2) is 20.0 Å². The number of amides is 7. The standard InChI is InChI=1S/C57H89N9O14S/c1-9-12-13-50(69)66(23-10-2)47(38(4)5)34-48(78-24-11-3)55-63-46(37-81-55)53(71)62-44(33-41-16-20-45(67)21-17-41)32-40(8)52(70)64-65-57(74)79-31-30-77-29-28-76-27-26-75-25-22-59-56(73)80-36-42-14-18-43(19-15-42)61-49(68)35-60-54(72)51(58)39(6)7/h14-21,37-40,44,47-48,51,67H,9-13,22-36,58H2,1-8H3,(H,59,73)(H,60,72)(H,61,68)(H,62,71)(H,64,70)(H,65,74)/t40-,44?,47?,48?,51?/m0/s1. The molecule has 5 atom stereocenters. The Morgan fingerprint density at radius 3 is 1.99 bits per heavy atom. The van der Waals surface area contributed by atoms with Gasteiger partial charge in [0.15, 0.2) is 0 Å². The summed E-state index contributed by atoms with van der Waals surface area (Å²) >= 11 is 1.33. The first-order valence-corrected chi connectivity index (χ1v) is 29.0. The maximum atomic E-state index is 13.9. The number of thiazole rings is 1. The van der Waals surface area contributed by atoms with E-state index in [0.717, 1.165) is 31.2 Å². The molecule has 0 aliphatic carbocycles. The van der Waals surface area contributed by atoms with Gasteiger partial charge in [0.05, 0.1) is 52.2 Å². The number of benzene rings is 2. The lowest BCUT2D eigenvalue weighted by Crippen LogP contribution is -2.46. The van der Waals surface area contributed by atoms with Crippen molar-refractivity contribution >= 4 is 58.7 Å². The Bertz CT molecular complexity index is 2340. The minimum absolute atomic E-state index is 0.00717. The third kappa shape index (κ3) is 27.7. The number of anilines is 1. The topological polar surface area (TPSA) is 309 Å². The number of hydrogen-bond acceptors (Lipinski definition) is 17. The van der Waals surface area contributed by atoms with E-state index in [-0.39, 0.29) is 108 Å². The van der Waals surface area contributed by atoms with E-state index in [1.165, 1.54) is 11.3 Å². The molecular weight excluding hydrogens is 1070 g/mol. The molecular formula is C57H89N9O14S. The van der Waals surface area contributed by atoms with Crippen LogP contribution >= 0.6 is 11.3 Å². The minimum atomic E-state index is -0.895. The molecule has 0 aliphatic heterocycles. The van der Waals surface area contributed by atoms with Gasteiger partial charge in [0.25, 0.3) is 5.91 Å². The third-order valence-electron chi connectivity index (χ3n) is 12.6. The Balaban J connectivity index is 1.33. The first-order chi connectivity index (χ1) is 38.8. The molecule has 2 aromatic carbocycles. The van der Waals surface area contributed by atoms with Crippen LogP contribution < -0.4 is 37.9 Å².